The number of anilines is 1. The van der Waals surface area contributed by atoms with Crippen LogP contribution in [0, 0.1) is 0 Å². The lowest BCUT2D eigenvalue weighted by Crippen LogP contribution is -2.36. The molecule has 1 saturated heterocycles. The molecule has 29 heavy (non-hydrogen) atoms. The lowest BCUT2D eigenvalue weighted by molar-refractivity contribution is 0.0219. The minimum absolute atomic E-state index is 0.0665. The van der Waals surface area contributed by atoms with E-state index in [-0.39, 0.29) is 12.1 Å². The number of carbonyl (C=O) groups is 1. The Morgan fingerprint density at radius 2 is 2.03 bits per heavy atom. The summed E-state index contributed by atoms with van der Waals surface area (Å²) in [6.45, 7) is 7.11. The molecule has 1 aliphatic heterocycles. The van der Waals surface area contributed by atoms with Crippen molar-refractivity contribution < 1.29 is 9.53 Å². The highest BCUT2D eigenvalue weighted by Crippen LogP contribution is 2.32. The standard InChI is InChI=1S/C23H28N4O2/c1-23(2,3)29-22(28)27-13-7-10-20(27)21-25-18-12-11-16(14-19(18)26-21)15-24-17-8-5-4-6-9-17/h4-6,8-9,11-12,14,20,24H,7,10,13,15H2,1-3H3,(H,25,26). The minimum atomic E-state index is -0.501. The first kappa shape index (κ1) is 19.3. The summed E-state index contributed by atoms with van der Waals surface area (Å²) in [7, 11) is 0. The molecule has 0 radical (unpaired) electrons. The van der Waals surface area contributed by atoms with Gasteiger partial charge in [-0.3, -0.25) is 4.90 Å². The van der Waals surface area contributed by atoms with Crippen LogP contribution in [0.1, 0.15) is 51.0 Å². The Labute approximate surface area is 171 Å². The van der Waals surface area contributed by atoms with Crippen LogP contribution in [0.15, 0.2) is 48.5 Å². The first-order chi connectivity index (χ1) is 13.9. The number of aromatic amines is 1. The van der Waals surface area contributed by atoms with E-state index in [1.165, 1.54) is 5.56 Å². The van der Waals surface area contributed by atoms with Gasteiger partial charge in [0.2, 0.25) is 0 Å². The van der Waals surface area contributed by atoms with E-state index in [0.717, 1.165) is 41.9 Å². The van der Waals surface area contributed by atoms with E-state index in [9.17, 15) is 4.79 Å². The van der Waals surface area contributed by atoms with Crippen LogP contribution >= 0.6 is 0 Å². The molecule has 3 aromatic rings. The molecular weight excluding hydrogens is 364 g/mol. The molecule has 1 atom stereocenters. The summed E-state index contributed by atoms with van der Waals surface area (Å²) in [5, 5.41) is 3.43. The zero-order valence-corrected chi connectivity index (χ0v) is 17.2. The average Bonchev–Trinajstić information content (AvgIpc) is 3.32. The van der Waals surface area contributed by atoms with Gasteiger partial charge in [0.1, 0.15) is 11.4 Å². The van der Waals surface area contributed by atoms with Gasteiger partial charge < -0.3 is 15.0 Å². The van der Waals surface area contributed by atoms with Crippen LogP contribution in [0.25, 0.3) is 11.0 Å². The number of nitrogens with one attached hydrogen (secondary N) is 2. The molecule has 6 nitrogen and oxygen atoms in total. The van der Waals surface area contributed by atoms with Crippen molar-refractivity contribution in [3.63, 3.8) is 0 Å². The first-order valence-electron chi connectivity index (χ1n) is 10.2. The molecule has 1 unspecified atom stereocenters. The molecule has 0 saturated carbocycles. The van der Waals surface area contributed by atoms with Crippen LogP contribution in [0.4, 0.5) is 10.5 Å². The van der Waals surface area contributed by atoms with E-state index in [1.54, 1.807) is 4.90 Å². The molecule has 1 fully saturated rings. The molecule has 2 N–H and O–H groups in total. The normalized spacial score (nSPS) is 16.9. The summed E-state index contributed by atoms with van der Waals surface area (Å²) < 4.78 is 5.58. The van der Waals surface area contributed by atoms with E-state index < -0.39 is 5.60 Å². The predicted molar refractivity (Wildman–Crippen MR) is 115 cm³/mol. The van der Waals surface area contributed by atoms with Crippen LogP contribution in [0.3, 0.4) is 0 Å². The second kappa shape index (κ2) is 7.78. The van der Waals surface area contributed by atoms with Gasteiger partial charge in [-0.2, -0.15) is 0 Å². The topological polar surface area (TPSA) is 70.2 Å². The molecule has 152 valence electrons. The average molecular weight is 393 g/mol. The van der Waals surface area contributed by atoms with E-state index in [1.807, 2.05) is 45.0 Å². The fraction of sp³-hybridized carbons (Fsp3) is 0.391. The number of amides is 1. The number of benzene rings is 2. The number of carbonyl (C=O) groups excluding carboxylic acids is 1. The van der Waals surface area contributed by atoms with Crippen molar-refractivity contribution >= 4 is 22.8 Å². The highest BCUT2D eigenvalue weighted by molar-refractivity contribution is 5.76. The molecule has 2 heterocycles. The number of fused-ring (bicyclic) bond motifs is 1. The van der Waals surface area contributed by atoms with Gasteiger partial charge in [0.15, 0.2) is 0 Å². The van der Waals surface area contributed by atoms with Crippen molar-refractivity contribution in [2.75, 3.05) is 11.9 Å². The maximum Gasteiger partial charge on any atom is 0.410 e. The highest BCUT2D eigenvalue weighted by Gasteiger charge is 2.34. The molecular formula is C23H28N4O2. The number of nitrogens with zero attached hydrogens (tertiary/aromatic N) is 2. The van der Waals surface area contributed by atoms with Crippen LogP contribution in [0.2, 0.25) is 0 Å². The Kier molecular flexibility index (Phi) is 5.18. The SMILES string of the molecule is CC(C)(C)OC(=O)N1CCCC1c1nc2ccc(CNc3ccccc3)cc2[nH]1. The fourth-order valence-corrected chi connectivity index (χ4v) is 3.69. The largest absolute Gasteiger partial charge is 0.444 e. The predicted octanol–water partition coefficient (Wildman–Crippen LogP) is 5.25. The van der Waals surface area contributed by atoms with Gasteiger partial charge in [0.05, 0.1) is 17.1 Å². The number of hydrogen-bond acceptors (Lipinski definition) is 4. The molecule has 6 heteroatoms. The lowest BCUT2D eigenvalue weighted by Gasteiger charge is -2.27. The number of H-pyrrole nitrogens is 1. The van der Waals surface area contributed by atoms with E-state index >= 15 is 0 Å². The van der Waals surface area contributed by atoms with Crippen LogP contribution in [-0.2, 0) is 11.3 Å². The Morgan fingerprint density at radius 3 is 2.79 bits per heavy atom. The van der Waals surface area contributed by atoms with Gasteiger partial charge in [0, 0.05) is 18.8 Å². The zero-order chi connectivity index (χ0) is 20.4. The van der Waals surface area contributed by atoms with Gasteiger partial charge in [-0.25, -0.2) is 9.78 Å². The summed E-state index contributed by atoms with van der Waals surface area (Å²) in [5.74, 6) is 0.830. The fourth-order valence-electron chi connectivity index (χ4n) is 3.69. The van der Waals surface area contributed by atoms with Crippen molar-refractivity contribution in [2.24, 2.45) is 0 Å². The number of aromatic nitrogens is 2. The number of likely N-dealkylation sites (tertiary alicyclic amines) is 1. The number of para-hydroxylation sites is 1. The third kappa shape index (κ3) is 4.53. The molecule has 0 aliphatic carbocycles. The first-order valence-corrected chi connectivity index (χ1v) is 10.2. The summed E-state index contributed by atoms with van der Waals surface area (Å²) in [6.07, 6.45) is 1.57. The molecule has 4 rings (SSSR count). The Morgan fingerprint density at radius 1 is 1.24 bits per heavy atom. The molecule has 0 bridgehead atoms. The van der Waals surface area contributed by atoms with Crippen LogP contribution < -0.4 is 5.32 Å². The second-order valence-electron chi connectivity index (χ2n) is 8.52. The summed E-state index contributed by atoms with van der Waals surface area (Å²) in [4.78, 5) is 22.6. The van der Waals surface area contributed by atoms with Crippen LogP contribution in [0.5, 0.6) is 0 Å². The quantitative estimate of drug-likeness (QED) is 0.636. The van der Waals surface area contributed by atoms with Gasteiger partial charge in [-0.15, -0.1) is 0 Å². The van der Waals surface area contributed by atoms with Crippen molar-refractivity contribution in [3.8, 4) is 0 Å². The Bertz CT molecular complexity index is 991. The summed E-state index contributed by atoms with van der Waals surface area (Å²) in [5.41, 5.74) is 3.67. The minimum Gasteiger partial charge on any atom is -0.444 e. The maximum absolute atomic E-state index is 12.6. The van der Waals surface area contributed by atoms with Gasteiger partial charge >= 0.3 is 6.09 Å². The maximum atomic E-state index is 12.6. The number of rotatable bonds is 4. The van der Waals surface area contributed by atoms with Gasteiger partial charge in [-0.05, 0) is 63.4 Å². The van der Waals surface area contributed by atoms with E-state index in [4.69, 9.17) is 9.72 Å². The zero-order valence-electron chi connectivity index (χ0n) is 17.2. The van der Waals surface area contributed by atoms with Gasteiger partial charge in [-0.1, -0.05) is 24.3 Å². The third-order valence-electron chi connectivity index (χ3n) is 5.03. The van der Waals surface area contributed by atoms with Gasteiger partial charge in [0.25, 0.3) is 0 Å². The molecule has 0 spiro atoms. The summed E-state index contributed by atoms with van der Waals surface area (Å²) >= 11 is 0. The van der Waals surface area contributed by atoms with Crippen molar-refractivity contribution in [2.45, 2.75) is 51.8 Å². The van der Waals surface area contributed by atoms with Crippen molar-refractivity contribution in [1.82, 2.24) is 14.9 Å². The van der Waals surface area contributed by atoms with Crippen molar-refractivity contribution in [3.05, 3.63) is 59.9 Å². The Balaban J connectivity index is 1.50. The molecule has 1 aromatic heterocycles. The second-order valence-corrected chi connectivity index (χ2v) is 8.52. The molecule has 2 aromatic carbocycles. The molecule has 1 aliphatic rings. The highest BCUT2D eigenvalue weighted by atomic mass is 16.6. The number of imidazole rings is 1. The number of ether oxygens (including phenoxy) is 1. The summed E-state index contributed by atoms with van der Waals surface area (Å²) in [6, 6.07) is 16.3. The smallest absolute Gasteiger partial charge is 0.410 e. The van der Waals surface area contributed by atoms with E-state index in [2.05, 4.69) is 34.6 Å². The third-order valence-corrected chi connectivity index (χ3v) is 5.03. The number of hydrogen-bond donors (Lipinski definition) is 2. The Hall–Kier alpha value is -3.02. The van der Waals surface area contributed by atoms with E-state index in [0.29, 0.717) is 6.54 Å². The van der Waals surface area contributed by atoms with Crippen molar-refractivity contribution in [1.29, 1.82) is 0 Å². The molecule has 1 amide bonds. The monoisotopic (exact) mass is 392 g/mol. The van der Waals surface area contributed by atoms with Crippen LogP contribution in [-0.4, -0.2) is 33.1 Å². The lowest BCUT2D eigenvalue weighted by atomic mass is 10.2.